The number of nitrogens with zero attached hydrogens (tertiary/aromatic N) is 4. The molecule has 3 N–H and O–H groups in total. The van der Waals surface area contributed by atoms with Crippen molar-refractivity contribution in [3.8, 4) is 0 Å². The van der Waals surface area contributed by atoms with Gasteiger partial charge < -0.3 is 11.1 Å². The van der Waals surface area contributed by atoms with Crippen molar-refractivity contribution in [2.45, 2.75) is 13.5 Å². The number of urea groups is 1. The van der Waals surface area contributed by atoms with Gasteiger partial charge in [0.05, 0.1) is 17.9 Å². The number of fused-ring (bicyclic) bond motifs is 1. The third-order valence-electron chi connectivity index (χ3n) is 3.84. The van der Waals surface area contributed by atoms with Gasteiger partial charge in [0.2, 0.25) is 5.95 Å². The Morgan fingerprint density at radius 2 is 2.13 bits per heavy atom. The molecular weight excluding hydrogens is 299 g/mol. The highest BCUT2D eigenvalue weighted by atomic mass is 19.1. The fraction of sp³-hybridized carbons (Fsp3) is 0.267. The normalized spacial score (nSPS) is 14.0. The van der Waals surface area contributed by atoms with Crippen LogP contribution in [0.4, 0.5) is 32.3 Å². The number of aryl methyl sites for hydroxylation is 1. The van der Waals surface area contributed by atoms with E-state index < -0.39 is 5.82 Å². The SMILES string of the molecule is CNc1ncc2c(n1)N(C)C(=O)N(c1cc(N)c(F)cc1C)C2. The molecule has 1 aromatic carbocycles. The van der Waals surface area contributed by atoms with Crippen molar-refractivity contribution in [1.82, 2.24) is 9.97 Å². The summed E-state index contributed by atoms with van der Waals surface area (Å²) in [6, 6.07) is 2.55. The van der Waals surface area contributed by atoms with Crippen LogP contribution in [-0.2, 0) is 6.54 Å². The molecule has 0 saturated carbocycles. The summed E-state index contributed by atoms with van der Waals surface area (Å²) in [5.41, 5.74) is 7.66. The van der Waals surface area contributed by atoms with E-state index in [2.05, 4.69) is 15.3 Å². The first-order chi connectivity index (χ1) is 10.9. The van der Waals surface area contributed by atoms with E-state index in [-0.39, 0.29) is 11.7 Å². The number of carbonyl (C=O) groups excluding carboxylic acids is 1. The molecule has 0 aliphatic carbocycles. The summed E-state index contributed by atoms with van der Waals surface area (Å²) >= 11 is 0. The van der Waals surface area contributed by atoms with Crippen LogP contribution in [0, 0.1) is 12.7 Å². The van der Waals surface area contributed by atoms with Crippen LogP contribution < -0.4 is 20.9 Å². The van der Waals surface area contributed by atoms with Gasteiger partial charge in [0, 0.05) is 25.9 Å². The Morgan fingerprint density at radius 3 is 2.83 bits per heavy atom. The number of hydrogen-bond donors (Lipinski definition) is 2. The molecule has 2 amide bonds. The number of amides is 2. The van der Waals surface area contributed by atoms with Crippen molar-refractivity contribution < 1.29 is 9.18 Å². The molecule has 0 atom stereocenters. The second-order valence-corrected chi connectivity index (χ2v) is 5.38. The van der Waals surface area contributed by atoms with Crippen molar-refractivity contribution in [1.29, 1.82) is 0 Å². The maximum absolute atomic E-state index is 13.6. The van der Waals surface area contributed by atoms with Crippen LogP contribution in [0.15, 0.2) is 18.3 Å². The summed E-state index contributed by atoms with van der Waals surface area (Å²) in [5, 5.41) is 2.85. The topological polar surface area (TPSA) is 87.4 Å². The van der Waals surface area contributed by atoms with Crippen LogP contribution in [0.2, 0.25) is 0 Å². The third-order valence-corrected chi connectivity index (χ3v) is 3.84. The molecule has 0 spiro atoms. The van der Waals surface area contributed by atoms with Gasteiger partial charge in [-0.15, -0.1) is 0 Å². The van der Waals surface area contributed by atoms with Crippen molar-refractivity contribution in [3.05, 3.63) is 35.3 Å². The van der Waals surface area contributed by atoms with Crippen molar-refractivity contribution >= 4 is 29.2 Å². The molecule has 0 unspecified atom stereocenters. The molecule has 2 heterocycles. The van der Waals surface area contributed by atoms with Gasteiger partial charge in [0.15, 0.2) is 0 Å². The number of carbonyl (C=O) groups is 1. The van der Waals surface area contributed by atoms with Gasteiger partial charge in [-0.3, -0.25) is 9.80 Å². The van der Waals surface area contributed by atoms with E-state index in [1.54, 1.807) is 27.2 Å². The van der Waals surface area contributed by atoms with Crippen molar-refractivity contribution in [2.24, 2.45) is 0 Å². The number of rotatable bonds is 2. The lowest BCUT2D eigenvalue weighted by Crippen LogP contribution is -2.46. The lowest BCUT2D eigenvalue weighted by atomic mass is 10.1. The predicted octanol–water partition coefficient (Wildman–Crippen LogP) is 2.12. The zero-order valence-corrected chi connectivity index (χ0v) is 13.1. The highest BCUT2D eigenvalue weighted by Gasteiger charge is 2.31. The van der Waals surface area contributed by atoms with Gasteiger partial charge in [0.25, 0.3) is 0 Å². The van der Waals surface area contributed by atoms with Gasteiger partial charge in [-0.05, 0) is 24.6 Å². The summed E-state index contributed by atoms with van der Waals surface area (Å²) < 4.78 is 13.6. The number of aromatic nitrogens is 2. The molecule has 120 valence electrons. The molecule has 3 rings (SSSR count). The Labute approximate surface area is 132 Å². The van der Waals surface area contributed by atoms with Gasteiger partial charge in [-0.2, -0.15) is 4.98 Å². The highest BCUT2D eigenvalue weighted by Crippen LogP contribution is 2.33. The molecule has 2 aromatic rings. The minimum absolute atomic E-state index is 0.00799. The molecule has 1 aliphatic heterocycles. The van der Waals surface area contributed by atoms with Crippen LogP contribution >= 0.6 is 0 Å². The van der Waals surface area contributed by atoms with Gasteiger partial charge in [0.1, 0.15) is 11.6 Å². The van der Waals surface area contributed by atoms with E-state index >= 15 is 0 Å². The number of nitrogens with one attached hydrogen (secondary N) is 1. The zero-order chi connectivity index (χ0) is 16.7. The Bertz CT molecular complexity index is 794. The quantitative estimate of drug-likeness (QED) is 0.829. The van der Waals surface area contributed by atoms with Crippen LogP contribution in [-0.4, -0.2) is 30.1 Å². The summed E-state index contributed by atoms with van der Waals surface area (Å²) in [4.78, 5) is 24.2. The Balaban J connectivity index is 2.06. The first-order valence-corrected chi connectivity index (χ1v) is 7.07. The Hall–Kier alpha value is -2.90. The standard InChI is InChI=1S/C15H17FN6O/c1-8-4-10(16)11(17)5-12(8)22-7-9-6-19-14(18-2)20-13(9)21(3)15(22)23/h4-6H,7,17H2,1-3H3,(H,18,19,20). The Morgan fingerprint density at radius 1 is 1.39 bits per heavy atom. The molecule has 23 heavy (non-hydrogen) atoms. The molecule has 1 aromatic heterocycles. The minimum Gasteiger partial charge on any atom is -0.396 e. The van der Waals surface area contributed by atoms with Crippen LogP contribution in [0.3, 0.4) is 0 Å². The predicted molar refractivity (Wildman–Crippen MR) is 87.1 cm³/mol. The van der Waals surface area contributed by atoms with E-state index in [4.69, 9.17) is 5.73 Å². The van der Waals surface area contributed by atoms with Gasteiger partial charge >= 0.3 is 6.03 Å². The molecule has 0 fully saturated rings. The average Bonchev–Trinajstić information content (AvgIpc) is 2.54. The van der Waals surface area contributed by atoms with E-state index in [9.17, 15) is 9.18 Å². The maximum atomic E-state index is 13.6. The number of benzene rings is 1. The molecule has 8 heteroatoms. The fourth-order valence-corrected chi connectivity index (χ4v) is 2.59. The summed E-state index contributed by atoms with van der Waals surface area (Å²) in [7, 11) is 3.35. The maximum Gasteiger partial charge on any atom is 0.330 e. The van der Waals surface area contributed by atoms with Gasteiger partial charge in [-0.1, -0.05) is 0 Å². The van der Waals surface area contributed by atoms with E-state index in [1.807, 2.05) is 0 Å². The smallest absolute Gasteiger partial charge is 0.330 e. The van der Waals surface area contributed by atoms with Crippen LogP contribution in [0.1, 0.15) is 11.1 Å². The van der Waals surface area contributed by atoms with Crippen LogP contribution in [0.25, 0.3) is 0 Å². The first kappa shape index (κ1) is 15.0. The Kier molecular flexibility index (Phi) is 3.51. The molecule has 0 saturated heterocycles. The fourth-order valence-electron chi connectivity index (χ4n) is 2.59. The molecular formula is C15H17FN6O. The number of hydrogen-bond acceptors (Lipinski definition) is 5. The lowest BCUT2D eigenvalue weighted by molar-refractivity contribution is 0.251. The number of anilines is 4. The summed E-state index contributed by atoms with van der Waals surface area (Å²) in [5.74, 6) is 0.504. The largest absolute Gasteiger partial charge is 0.396 e. The summed E-state index contributed by atoms with van der Waals surface area (Å²) in [6.45, 7) is 2.04. The van der Waals surface area contributed by atoms with E-state index in [0.29, 0.717) is 29.6 Å². The zero-order valence-electron chi connectivity index (χ0n) is 13.1. The molecule has 0 bridgehead atoms. The monoisotopic (exact) mass is 316 g/mol. The lowest BCUT2D eigenvalue weighted by Gasteiger charge is -2.34. The highest BCUT2D eigenvalue weighted by molar-refractivity contribution is 6.05. The average molecular weight is 316 g/mol. The molecule has 7 nitrogen and oxygen atoms in total. The number of halogens is 1. The van der Waals surface area contributed by atoms with E-state index in [1.165, 1.54) is 21.9 Å². The van der Waals surface area contributed by atoms with Gasteiger partial charge in [-0.25, -0.2) is 14.2 Å². The summed E-state index contributed by atoms with van der Waals surface area (Å²) in [6.07, 6.45) is 1.67. The van der Waals surface area contributed by atoms with Crippen LogP contribution in [0.5, 0.6) is 0 Å². The number of nitrogen functional groups attached to an aromatic ring is 1. The second kappa shape index (κ2) is 5.38. The third kappa shape index (κ3) is 2.41. The van der Waals surface area contributed by atoms with Crippen molar-refractivity contribution in [2.75, 3.05) is 34.9 Å². The number of nitrogens with two attached hydrogens (primary N) is 1. The van der Waals surface area contributed by atoms with Crippen molar-refractivity contribution in [3.63, 3.8) is 0 Å². The molecule has 0 radical (unpaired) electrons. The molecule has 1 aliphatic rings. The van der Waals surface area contributed by atoms with E-state index in [0.717, 1.165) is 5.56 Å². The minimum atomic E-state index is -0.494. The first-order valence-electron chi connectivity index (χ1n) is 7.07. The second-order valence-electron chi connectivity index (χ2n) is 5.38.